The minimum absolute atomic E-state index is 0.191. The number of nitrogens with one attached hydrogen (secondary N) is 1. The zero-order chi connectivity index (χ0) is 26.0. The molecule has 4 atom stereocenters. The highest BCUT2D eigenvalue weighted by Crippen LogP contribution is 2.51. The molecule has 2 aromatic carbocycles. The average molecular weight is 494 g/mol. The van der Waals surface area contributed by atoms with Crippen molar-refractivity contribution in [3.05, 3.63) is 54.1 Å². The van der Waals surface area contributed by atoms with Crippen LogP contribution in [0.15, 0.2) is 48.5 Å². The molecule has 8 nitrogen and oxygen atoms in total. The van der Waals surface area contributed by atoms with E-state index in [1.54, 1.807) is 31.2 Å². The standard InChI is InChI=1S/C28H35N3O5/c1-6-17-28(27(34)36-8-3)23-22(24(29-28)18-9-11-19(12-10-18)30(4)5)25(32)31(26(23)33)20-13-15-21(16-14-20)35-7-2/h9-16,22-24,29H,6-8,17H2,1-5H3/t22-,23+,24+,28-/m0/s1. The molecule has 2 aliphatic heterocycles. The molecule has 8 heteroatoms. The molecule has 4 rings (SSSR count). The number of carbonyl (C=O) groups excluding carboxylic acids is 3. The molecule has 36 heavy (non-hydrogen) atoms. The van der Waals surface area contributed by atoms with Crippen LogP contribution in [0.4, 0.5) is 11.4 Å². The number of carbonyl (C=O) groups is 3. The Labute approximate surface area is 212 Å². The second kappa shape index (κ2) is 10.3. The van der Waals surface area contributed by atoms with E-state index >= 15 is 0 Å². The Kier molecular flexibility index (Phi) is 7.36. The van der Waals surface area contributed by atoms with Crippen molar-refractivity contribution in [2.45, 2.75) is 45.2 Å². The van der Waals surface area contributed by atoms with Gasteiger partial charge < -0.3 is 14.4 Å². The molecule has 2 fully saturated rings. The normalized spacial score (nSPS) is 25.1. The lowest BCUT2D eigenvalue weighted by Gasteiger charge is -2.32. The lowest BCUT2D eigenvalue weighted by molar-refractivity contribution is -0.155. The van der Waals surface area contributed by atoms with Crippen LogP contribution in [0.1, 0.15) is 45.2 Å². The number of anilines is 2. The predicted molar refractivity (Wildman–Crippen MR) is 138 cm³/mol. The number of hydrogen-bond acceptors (Lipinski definition) is 7. The Bertz CT molecular complexity index is 1120. The third-order valence-electron chi connectivity index (χ3n) is 7.11. The van der Waals surface area contributed by atoms with Crippen molar-refractivity contribution >= 4 is 29.2 Å². The van der Waals surface area contributed by atoms with Gasteiger partial charge in [-0.2, -0.15) is 0 Å². The summed E-state index contributed by atoms with van der Waals surface area (Å²) in [6.07, 6.45) is 1.03. The van der Waals surface area contributed by atoms with E-state index in [1.165, 1.54) is 4.90 Å². The second-order valence-electron chi connectivity index (χ2n) is 9.49. The number of ether oxygens (including phenoxy) is 2. The van der Waals surface area contributed by atoms with Gasteiger partial charge in [-0.25, -0.2) is 4.90 Å². The van der Waals surface area contributed by atoms with Crippen LogP contribution in [0, 0.1) is 11.8 Å². The first-order chi connectivity index (χ1) is 17.3. The highest BCUT2D eigenvalue weighted by Gasteiger charge is 2.68. The Morgan fingerprint density at radius 2 is 1.64 bits per heavy atom. The fourth-order valence-electron chi connectivity index (χ4n) is 5.56. The van der Waals surface area contributed by atoms with Gasteiger partial charge in [-0.15, -0.1) is 0 Å². The molecular formula is C28H35N3O5. The number of benzene rings is 2. The smallest absolute Gasteiger partial charge is 0.327 e. The van der Waals surface area contributed by atoms with E-state index in [0.717, 1.165) is 11.3 Å². The van der Waals surface area contributed by atoms with E-state index in [-0.39, 0.29) is 18.4 Å². The number of fused-ring (bicyclic) bond motifs is 1. The van der Waals surface area contributed by atoms with Gasteiger partial charge in [0.1, 0.15) is 11.3 Å². The van der Waals surface area contributed by atoms with Gasteiger partial charge in [0.2, 0.25) is 11.8 Å². The molecule has 2 heterocycles. The maximum atomic E-state index is 13.9. The van der Waals surface area contributed by atoms with Crippen LogP contribution in [-0.2, 0) is 19.1 Å². The number of amides is 2. The number of imide groups is 1. The summed E-state index contributed by atoms with van der Waals surface area (Å²) in [5, 5.41) is 3.44. The summed E-state index contributed by atoms with van der Waals surface area (Å²) >= 11 is 0. The van der Waals surface area contributed by atoms with Crippen LogP contribution < -0.4 is 19.9 Å². The van der Waals surface area contributed by atoms with Gasteiger partial charge in [-0.1, -0.05) is 25.5 Å². The molecule has 192 valence electrons. The van der Waals surface area contributed by atoms with Crippen molar-refractivity contribution in [2.24, 2.45) is 11.8 Å². The van der Waals surface area contributed by atoms with Gasteiger partial charge in [-0.05, 0) is 62.2 Å². The second-order valence-corrected chi connectivity index (χ2v) is 9.49. The first-order valence-corrected chi connectivity index (χ1v) is 12.6. The van der Waals surface area contributed by atoms with Crippen LogP contribution >= 0.6 is 0 Å². The Hall–Kier alpha value is -3.39. The summed E-state index contributed by atoms with van der Waals surface area (Å²) < 4.78 is 11.0. The highest BCUT2D eigenvalue weighted by molar-refractivity contribution is 6.24. The molecule has 2 aliphatic rings. The minimum Gasteiger partial charge on any atom is -0.494 e. The highest BCUT2D eigenvalue weighted by atomic mass is 16.5. The van der Waals surface area contributed by atoms with Gasteiger partial charge in [-0.3, -0.25) is 19.7 Å². The van der Waals surface area contributed by atoms with E-state index < -0.39 is 29.4 Å². The first kappa shape index (κ1) is 25.7. The summed E-state index contributed by atoms with van der Waals surface area (Å²) in [7, 11) is 3.92. The zero-order valence-corrected chi connectivity index (χ0v) is 21.6. The molecule has 0 spiro atoms. The molecule has 2 amide bonds. The third-order valence-corrected chi connectivity index (χ3v) is 7.11. The zero-order valence-electron chi connectivity index (χ0n) is 21.6. The third kappa shape index (κ3) is 4.23. The van der Waals surface area contributed by atoms with Crippen molar-refractivity contribution in [1.82, 2.24) is 5.32 Å². The number of nitrogens with zero attached hydrogens (tertiary/aromatic N) is 2. The largest absolute Gasteiger partial charge is 0.494 e. The minimum atomic E-state index is -1.28. The Balaban J connectivity index is 1.80. The van der Waals surface area contributed by atoms with E-state index in [2.05, 4.69) is 5.32 Å². The maximum Gasteiger partial charge on any atom is 0.327 e. The van der Waals surface area contributed by atoms with Crippen molar-refractivity contribution in [1.29, 1.82) is 0 Å². The SMILES string of the molecule is CCC[C@]1(C(=O)OCC)N[C@H](c2ccc(N(C)C)cc2)[C@H]2C(=O)N(c3ccc(OCC)cc3)C(=O)[C@@H]21. The number of rotatable bonds is 9. The lowest BCUT2D eigenvalue weighted by atomic mass is 9.77. The van der Waals surface area contributed by atoms with Crippen molar-refractivity contribution in [3.8, 4) is 5.75 Å². The topological polar surface area (TPSA) is 88.2 Å². The van der Waals surface area contributed by atoms with Crippen molar-refractivity contribution in [2.75, 3.05) is 37.1 Å². The molecule has 0 aliphatic carbocycles. The Morgan fingerprint density at radius 1 is 0.972 bits per heavy atom. The molecule has 0 aromatic heterocycles. The van der Waals surface area contributed by atoms with Gasteiger partial charge in [0, 0.05) is 25.8 Å². The molecule has 1 N–H and O–H groups in total. The molecule has 0 saturated carbocycles. The van der Waals surface area contributed by atoms with E-state index in [9.17, 15) is 14.4 Å². The summed E-state index contributed by atoms with van der Waals surface area (Å²) in [5.41, 5.74) is 1.06. The quantitative estimate of drug-likeness (QED) is 0.421. The maximum absolute atomic E-state index is 13.9. The monoisotopic (exact) mass is 493 g/mol. The predicted octanol–water partition coefficient (Wildman–Crippen LogP) is 3.70. The van der Waals surface area contributed by atoms with E-state index in [0.29, 0.717) is 30.9 Å². The van der Waals surface area contributed by atoms with Crippen molar-refractivity contribution in [3.63, 3.8) is 0 Å². The van der Waals surface area contributed by atoms with Gasteiger partial charge in [0.25, 0.3) is 0 Å². The van der Waals surface area contributed by atoms with Crippen molar-refractivity contribution < 1.29 is 23.9 Å². The summed E-state index contributed by atoms with van der Waals surface area (Å²) in [6, 6.07) is 14.3. The van der Waals surface area contributed by atoms with Crippen LogP contribution in [0.3, 0.4) is 0 Å². The lowest BCUT2D eigenvalue weighted by Crippen LogP contribution is -2.56. The van der Waals surface area contributed by atoms with Gasteiger partial charge in [0.05, 0.1) is 30.7 Å². The molecule has 2 saturated heterocycles. The van der Waals surface area contributed by atoms with Gasteiger partial charge >= 0.3 is 5.97 Å². The van der Waals surface area contributed by atoms with E-state index in [1.807, 2.05) is 57.1 Å². The molecule has 0 unspecified atom stereocenters. The molecular weight excluding hydrogens is 458 g/mol. The summed E-state index contributed by atoms with van der Waals surface area (Å²) in [4.78, 5) is 44.5. The first-order valence-electron chi connectivity index (χ1n) is 12.6. The van der Waals surface area contributed by atoms with Crippen LogP contribution in [-0.4, -0.2) is 50.6 Å². The van der Waals surface area contributed by atoms with Crippen LogP contribution in [0.25, 0.3) is 0 Å². The fraction of sp³-hybridized carbons (Fsp3) is 0.464. The fourth-order valence-corrected chi connectivity index (χ4v) is 5.56. The summed E-state index contributed by atoms with van der Waals surface area (Å²) in [5.74, 6) is -2.11. The molecule has 0 bridgehead atoms. The van der Waals surface area contributed by atoms with Crippen LogP contribution in [0.5, 0.6) is 5.75 Å². The number of hydrogen-bond donors (Lipinski definition) is 1. The average Bonchev–Trinajstić information content (AvgIpc) is 3.34. The molecule has 2 aromatic rings. The number of esters is 1. The summed E-state index contributed by atoms with van der Waals surface area (Å²) in [6.45, 7) is 6.31. The van der Waals surface area contributed by atoms with Crippen LogP contribution in [0.2, 0.25) is 0 Å². The molecule has 0 radical (unpaired) electrons. The van der Waals surface area contributed by atoms with Gasteiger partial charge in [0.15, 0.2) is 0 Å². The van der Waals surface area contributed by atoms with E-state index in [4.69, 9.17) is 9.47 Å². The Morgan fingerprint density at radius 3 is 2.19 bits per heavy atom.